The molecule has 2 aromatic rings. The average Bonchev–Trinajstić information content (AvgIpc) is 2.04. The third kappa shape index (κ3) is 0.980. The molecule has 0 saturated carbocycles. The summed E-state index contributed by atoms with van der Waals surface area (Å²) in [6, 6.07) is 3.38. The van der Waals surface area contributed by atoms with E-state index < -0.39 is 0 Å². The zero-order valence-electron chi connectivity index (χ0n) is 5.64. The Bertz CT molecular complexity index is 388. The number of nitrogens with zero attached hydrogens (tertiary/aromatic N) is 3. The van der Waals surface area contributed by atoms with Crippen molar-refractivity contribution in [1.82, 2.24) is 10.1 Å². The maximum atomic E-state index is 10.7. The van der Waals surface area contributed by atoms with E-state index in [4.69, 9.17) is 0 Å². The van der Waals surface area contributed by atoms with Crippen LogP contribution in [0, 0.1) is 5.21 Å². The quantitative estimate of drug-likeness (QED) is 0.397. The number of aromatic nitrogens is 3. The topological polar surface area (TPSA) is 52.7 Å². The second-order valence-electron chi connectivity index (χ2n) is 2.15. The van der Waals surface area contributed by atoms with Gasteiger partial charge in [-0.2, -0.15) is 0 Å². The molecule has 0 amide bonds. The van der Waals surface area contributed by atoms with E-state index in [-0.39, 0.29) is 0 Å². The maximum absolute atomic E-state index is 10.7. The summed E-state index contributed by atoms with van der Waals surface area (Å²) in [5.74, 6) is 0. The molecule has 4 nitrogen and oxygen atoms in total. The monoisotopic (exact) mass is 147 g/mol. The molecule has 0 atom stereocenters. The van der Waals surface area contributed by atoms with Gasteiger partial charge in [0.2, 0.25) is 6.20 Å². The molecule has 11 heavy (non-hydrogen) atoms. The van der Waals surface area contributed by atoms with Gasteiger partial charge in [-0.05, 0) is 6.07 Å². The van der Waals surface area contributed by atoms with E-state index in [1.807, 2.05) is 0 Å². The van der Waals surface area contributed by atoms with E-state index in [9.17, 15) is 5.21 Å². The largest absolute Gasteiger partial charge is 0.594 e. The molecule has 0 aliphatic heterocycles. The van der Waals surface area contributed by atoms with Gasteiger partial charge < -0.3 is 5.21 Å². The van der Waals surface area contributed by atoms with Crippen molar-refractivity contribution < 1.29 is 4.85 Å². The molecule has 2 rings (SSSR count). The van der Waals surface area contributed by atoms with Gasteiger partial charge in [0.05, 0.1) is 0 Å². The lowest BCUT2D eigenvalue weighted by atomic mass is 10.3. The van der Waals surface area contributed by atoms with Crippen LogP contribution in [0.15, 0.2) is 30.7 Å². The Labute approximate surface area is 62.7 Å². The van der Waals surface area contributed by atoms with Crippen LogP contribution in [-0.2, 0) is 0 Å². The highest BCUT2D eigenvalue weighted by Gasteiger charge is 1.96. The number of rotatable bonds is 0. The van der Waals surface area contributed by atoms with E-state index in [0.29, 0.717) is 10.4 Å². The summed E-state index contributed by atoms with van der Waals surface area (Å²) < 4.78 is 0. The van der Waals surface area contributed by atoms with E-state index >= 15 is 0 Å². The SMILES string of the molecule is [O-][n+]1ccc2cnccc2n1. The Morgan fingerprint density at radius 3 is 3.18 bits per heavy atom. The Hall–Kier alpha value is -1.71. The van der Waals surface area contributed by atoms with Crippen LogP contribution in [0.5, 0.6) is 0 Å². The van der Waals surface area contributed by atoms with Crippen molar-refractivity contribution in [2.24, 2.45) is 0 Å². The minimum Gasteiger partial charge on any atom is -0.594 e. The van der Waals surface area contributed by atoms with E-state index in [1.165, 1.54) is 6.20 Å². The van der Waals surface area contributed by atoms with Crippen molar-refractivity contribution in [2.45, 2.75) is 0 Å². The predicted molar refractivity (Wildman–Crippen MR) is 38.5 cm³/mol. The molecular formula is C7H5N3O. The molecule has 0 unspecified atom stereocenters. The second-order valence-corrected chi connectivity index (χ2v) is 2.15. The highest BCUT2D eigenvalue weighted by atomic mass is 16.5. The molecule has 0 saturated heterocycles. The number of pyridine rings is 1. The normalized spacial score (nSPS) is 10.2. The number of hydrogen-bond acceptors (Lipinski definition) is 3. The van der Waals surface area contributed by atoms with Gasteiger partial charge in [-0.25, -0.2) is 0 Å². The van der Waals surface area contributed by atoms with Crippen molar-refractivity contribution in [1.29, 1.82) is 0 Å². The molecule has 0 aromatic carbocycles. The van der Waals surface area contributed by atoms with Crippen LogP contribution in [0.3, 0.4) is 0 Å². The third-order valence-corrected chi connectivity index (χ3v) is 1.42. The Kier molecular flexibility index (Phi) is 1.18. The summed E-state index contributed by atoms with van der Waals surface area (Å²) >= 11 is 0. The van der Waals surface area contributed by atoms with Gasteiger partial charge >= 0.3 is 0 Å². The molecule has 0 radical (unpaired) electrons. The molecule has 0 spiro atoms. The van der Waals surface area contributed by atoms with E-state index in [2.05, 4.69) is 10.1 Å². The van der Waals surface area contributed by atoms with Crippen LogP contribution in [0.1, 0.15) is 0 Å². The summed E-state index contributed by atoms with van der Waals surface area (Å²) in [6.45, 7) is 0. The van der Waals surface area contributed by atoms with Gasteiger partial charge in [-0.15, -0.1) is 0 Å². The first-order chi connectivity index (χ1) is 5.36. The van der Waals surface area contributed by atoms with Gasteiger partial charge in [0.15, 0.2) is 0 Å². The number of hydrogen-bond donors (Lipinski definition) is 0. The summed E-state index contributed by atoms with van der Waals surface area (Å²) in [7, 11) is 0. The van der Waals surface area contributed by atoms with Crippen molar-refractivity contribution in [3.05, 3.63) is 35.9 Å². The predicted octanol–water partition coefficient (Wildman–Crippen LogP) is 0.263. The first-order valence-electron chi connectivity index (χ1n) is 3.16. The van der Waals surface area contributed by atoms with Crippen LogP contribution in [0.4, 0.5) is 0 Å². The van der Waals surface area contributed by atoms with Gasteiger partial charge in [-0.1, -0.05) is 4.85 Å². The molecule has 0 N–H and O–H groups in total. The molecule has 2 aromatic heterocycles. The van der Waals surface area contributed by atoms with Crippen LogP contribution in [-0.4, -0.2) is 10.1 Å². The molecule has 54 valence electrons. The Morgan fingerprint density at radius 2 is 2.27 bits per heavy atom. The summed E-state index contributed by atoms with van der Waals surface area (Å²) in [4.78, 5) is 4.42. The maximum Gasteiger partial charge on any atom is 0.210 e. The molecular weight excluding hydrogens is 142 g/mol. The van der Waals surface area contributed by atoms with Crippen molar-refractivity contribution in [2.75, 3.05) is 0 Å². The average molecular weight is 147 g/mol. The first-order valence-corrected chi connectivity index (χ1v) is 3.16. The highest BCUT2D eigenvalue weighted by molar-refractivity contribution is 5.75. The third-order valence-electron chi connectivity index (χ3n) is 1.42. The van der Waals surface area contributed by atoms with E-state index in [0.717, 1.165) is 5.39 Å². The fraction of sp³-hybridized carbons (Fsp3) is 0. The lowest BCUT2D eigenvalue weighted by Gasteiger charge is -1.93. The van der Waals surface area contributed by atoms with Gasteiger partial charge in [-0.3, -0.25) is 4.98 Å². The fourth-order valence-corrected chi connectivity index (χ4v) is 0.902. The smallest absolute Gasteiger partial charge is 0.210 e. The van der Waals surface area contributed by atoms with Crippen molar-refractivity contribution in [3.63, 3.8) is 0 Å². The van der Waals surface area contributed by atoms with E-state index in [1.54, 1.807) is 24.5 Å². The van der Waals surface area contributed by atoms with Crippen LogP contribution < -0.4 is 4.85 Å². The Balaban J connectivity index is 2.83. The first kappa shape index (κ1) is 6.03. The molecule has 2 heterocycles. The fourth-order valence-electron chi connectivity index (χ4n) is 0.902. The molecule has 4 heteroatoms. The highest BCUT2D eigenvalue weighted by Crippen LogP contribution is 2.03. The lowest BCUT2D eigenvalue weighted by molar-refractivity contribution is -0.666. The van der Waals surface area contributed by atoms with Crippen LogP contribution in [0.25, 0.3) is 10.9 Å². The van der Waals surface area contributed by atoms with Crippen molar-refractivity contribution in [3.8, 4) is 0 Å². The summed E-state index contributed by atoms with van der Waals surface area (Å²) in [5, 5.41) is 15.2. The molecule has 0 fully saturated rings. The molecule has 0 aliphatic carbocycles. The van der Waals surface area contributed by atoms with Crippen LogP contribution in [0.2, 0.25) is 0 Å². The van der Waals surface area contributed by atoms with Gasteiger partial charge in [0.25, 0.3) is 0 Å². The van der Waals surface area contributed by atoms with Crippen molar-refractivity contribution >= 4 is 10.9 Å². The standard InChI is InChI=1S/C7H5N3O/c11-10-4-2-6-5-8-3-1-7(6)9-10/h1-5H. The zero-order valence-corrected chi connectivity index (χ0v) is 5.64. The minimum absolute atomic E-state index is 0.530. The minimum atomic E-state index is 0.530. The molecule has 0 bridgehead atoms. The number of fused-ring (bicyclic) bond motifs is 1. The lowest BCUT2D eigenvalue weighted by Crippen LogP contribution is -2.29. The van der Waals surface area contributed by atoms with Gasteiger partial charge in [0, 0.05) is 28.9 Å². The second kappa shape index (κ2) is 2.16. The van der Waals surface area contributed by atoms with Gasteiger partial charge in [0.1, 0.15) is 5.52 Å². The molecule has 0 aliphatic rings. The zero-order chi connectivity index (χ0) is 7.68. The Morgan fingerprint density at radius 1 is 1.36 bits per heavy atom. The summed E-state index contributed by atoms with van der Waals surface area (Å²) in [6.07, 6.45) is 4.63. The van der Waals surface area contributed by atoms with Crippen LogP contribution >= 0.6 is 0 Å². The summed E-state index contributed by atoms with van der Waals surface area (Å²) in [5.41, 5.74) is 0.664.